The fraction of sp³-hybridized carbons (Fsp3) is 0.217. The van der Waals surface area contributed by atoms with Crippen LogP contribution in [0.5, 0.6) is 0 Å². The summed E-state index contributed by atoms with van der Waals surface area (Å²) in [5.74, 6) is 0.482. The maximum atomic E-state index is 13.3. The van der Waals surface area contributed by atoms with E-state index in [1.807, 2.05) is 42.5 Å². The number of nitrogens with zero attached hydrogens (tertiary/aromatic N) is 3. The lowest BCUT2D eigenvalue weighted by Crippen LogP contribution is -2.26. The van der Waals surface area contributed by atoms with E-state index in [0.717, 1.165) is 17.7 Å². The Bertz CT molecular complexity index is 1110. The topological polar surface area (TPSA) is 86.4 Å². The van der Waals surface area contributed by atoms with Gasteiger partial charge in [-0.2, -0.15) is 5.10 Å². The first-order chi connectivity index (χ1) is 15.0. The molecule has 2 unspecified atom stereocenters. The van der Waals surface area contributed by atoms with Gasteiger partial charge in [0.05, 0.1) is 17.7 Å². The minimum atomic E-state index is -2.09. The molecule has 160 valence electrons. The highest BCUT2D eigenvalue weighted by Crippen LogP contribution is 2.34. The number of furan rings is 1. The zero-order valence-corrected chi connectivity index (χ0v) is 18.1. The standard InChI is InChI=1S/C23H23N3O4S/c1-3-16-6-8-18(9-7-16)23(27)26-21(22-5-4-14-30-22)15-20(24-26)17-10-12-19(13-11-17)25(2)31(28)29/h4-14,21H,3,15H2,1-2H3,(H,28,29). The van der Waals surface area contributed by atoms with Crippen LogP contribution in [0.3, 0.4) is 0 Å². The predicted molar refractivity (Wildman–Crippen MR) is 120 cm³/mol. The van der Waals surface area contributed by atoms with Gasteiger partial charge < -0.3 is 4.42 Å². The number of hydrogen-bond donors (Lipinski definition) is 1. The van der Waals surface area contributed by atoms with Gasteiger partial charge in [0.1, 0.15) is 11.8 Å². The molecule has 1 aliphatic rings. The quantitative estimate of drug-likeness (QED) is 0.579. The Kier molecular flexibility index (Phi) is 6.01. The summed E-state index contributed by atoms with van der Waals surface area (Å²) in [5.41, 5.74) is 3.93. The molecule has 31 heavy (non-hydrogen) atoms. The van der Waals surface area contributed by atoms with Crippen LogP contribution < -0.4 is 4.31 Å². The fourth-order valence-electron chi connectivity index (χ4n) is 3.54. The van der Waals surface area contributed by atoms with Gasteiger partial charge in [-0.15, -0.1) is 0 Å². The van der Waals surface area contributed by atoms with Crippen molar-refractivity contribution in [3.8, 4) is 0 Å². The molecular formula is C23H23N3O4S. The number of carbonyl (C=O) groups excluding carboxylic acids is 1. The van der Waals surface area contributed by atoms with Crippen LogP contribution in [0.25, 0.3) is 0 Å². The van der Waals surface area contributed by atoms with Gasteiger partial charge in [0.25, 0.3) is 17.2 Å². The first kappa shape index (κ1) is 21.0. The Morgan fingerprint density at radius 3 is 2.48 bits per heavy atom. The van der Waals surface area contributed by atoms with Crippen molar-refractivity contribution in [2.24, 2.45) is 5.10 Å². The monoisotopic (exact) mass is 437 g/mol. The Balaban J connectivity index is 1.64. The van der Waals surface area contributed by atoms with Gasteiger partial charge in [-0.25, -0.2) is 9.22 Å². The maximum Gasteiger partial charge on any atom is 0.274 e. The molecule has 0 aliphatic carbocycles. The highest BCUT2D eigenvalue weighted by molar-refractivity contribution is 7.80. The normalized spacial score (nSPS) is 16.8. The molecule has 2 aromatic carbocycles. The second-order valence-electron chi connectivity index (χ2n) is 7.26. The zero-order chi connectivity index (χ0) is 22.0. The van der Waals surface area contributed by atoms with E-state index in [4.69, 9.17) is 4.42 Å². The van der Waals surface area contributed by atoms with Crippen molar-refractivity contribution in [3.63, 3.8) is 0 Å². The third-order valence-corrected chi connectivity index (χ3v) is 6.08. The van der Waals surface area contributed by atoms with E-state index in [1.165, 1.54) is 21.9 Å². The Hall–Kier alpha value is -3.23. The minimum Gasteiger partial charge on any atom is -0.467 e. The first-order valence-corrected chi connectivity index (χ1v) is 11.0. The number of hydrazone groups is 1. The average molecular weight is 438 g/mol. The van der Waals surface area contributed by atoms with E-state index in [9.17, 15) is 13.6 Å². The summed E-state index contributed by atoms with van der Waals surface area (Å²) in [7, 11) is 1.54. The number of aryl methyl sites for hydroxylation is 1. The summed E-state index contributed by atoms with van der Waals surface area (Å²) in [6, 6.07) is 18.0. The molecule has 0 saturated heterocycles. The SMILES string of the molecule is CCc1ccc(C(=O)N2N=C(c3ccc(N(C)S(=O)O)cc3)CC2c2ccco2)cc1. The number of hydrogen-bond acceptors (Lipinski definition) is 4. The first-order valence-electron chi connectivity index (χ1n) is 9.96. The van der Waals surface area contributed by atoms with Gasteiger partial charge in [0.2, 0.25) is 0 Å². The summed E-state index contributed by atoms with van der Waals surface area (Å²) in [5, 5.41) is 6.13. The van der Waals surface area contributed by atoms with Crippen LogP contribution in [-0.2, 0) is 17.7 Å². The van der Waals surface area contributed by atoms with E-state index in [2.05, 4.69) is 12.0 Å². The highest BCUT2D eigenvalue weighted by Gasteiger charge is 2.35. The molecule has 1 aromatic heterocycles. The molecule has 2 heterocycles. The largest absolute Gasteiger partial charge is 0.467 e. The van der Waals surface area contributed by atoms with Crippen molar-refractivity contribution in [1.82, 2.24) is 5.01 Å². The summed E-state index contributed by atoms with van der Waals surface area (Å²) < 4.78 is 27.4. The number of rotatable bonds is 6. The molecule has 3 aromatic rings. The van der Waals surface area contributed by atoms with Gasteiger partial charge in [-0.05, 0) is 53.9 Å². The molecule has 1 N–H and O–H groups in total. The molecule has 7 nitrogen and oxygen atoms in total. The van der Waals surface area contributed by atoms with Gasteiger partial charge in [0.15, 0.2) is 0 Å². The van der Waals surface area contributed by atoms with Crippen molar-refractivity contribution < 1.29 is 18.0 Å². The number of carbonyl (C=O) groups is 1. The van der Waals surface area contributed by atoms with Gasteiger partial charge in [0, 0.05) is 19.0 Å². The van der Waals surface area contributed by atoms with E-state index in [-0.39, 0.29) is 11.9 Å². The van der Waals surface area contributed by atoms with E-state index < -0.39 is 11.3 Å². The number of anilines is 1. The lowest BCUT2D eigenvalue weighted by molar-refractivity contribution is 0.0693. The van der Waals surface area contributed by atoms with Gasteiger partial charge in [-0.3, -0.25) is 13.7 Å². The molecule has 4 rings (SSSR count). The fourth-order valence-corrected chi connectivity index (χ4v) is 3.85. The van der Waals surface area contributed by atoms with Crippen molar-refractivity contribution >= 4 is 28.6 Å². The Morgan fingerprint density at radius 2 is 1.90 bits per heavy atom. The van der Waals surface area contributed by atoms with Crippen molar-refractivity contribution in [3.05, 3.63) is 89.4 Å². The van der Waals surface area contributed by atoms with Crippen LogP contribution in [0.1, 0.15) is 46.6 Å². The molecular weight excluding hydrogens is 414 g/mol. The van der Waals surface area contributed by atoms with Crippen molar-refractivity contribution in [2.75, 3.05) is 11.4 Å². The number of benzene rings is 2. The maximum absolute atomic E-state index is 13.3. The summed E-state index contributed by atoms with van der Waals surface area (Å²) in [4.78, 5) is 13.3. The molecule has 1 aliphatic heterocycles. The third kappa shape index (κ3) is 4.30. The molecule has 0 bridgehead atoms. The molecule has 0 spiro atoms. The van der Waals surface area contributed by atoms with E-state index >= 15 is 0 Å². The van der Waals surface area contributed by atoms with Crippen molar-refractivity contribution in [2.45, 2.75) is 25.8 Å². The van der Waals surface area contributed by atoms with Gasteiger partial charge in [-0.1, -0.05) is 31.2 Å². The Labute approximate surface area is 183 Å². The van der Waals surface area contributed by atoms with Crippen LogP contribution in [0.4, 0.5) is 5.69 Å². The van der Waals surface area contributed by atoms with Crippen LogP contribution in [0.2, 0.25) is 0 Å². The predicted octanol–water partition coefficient (Wildman–Crippen LogP) is 4.41. The zero-order valence-electron chi connectivity index (χ0n) is 17.3. The smallest absolute Gasteiger partial charge is 0.274 e. The minimum absolute atomic E-state index is 0.189. The lowest BCUT2D eigenvalue weighted by Gasteiger charge is -2.20. The summed E-state index contributed by atoms with van der Waals surface area (Å²) in [6.07, 6.45) is 3.00. The average Bonchev–Trinajstić information content (AvgIpc) is 3.48. The third-order valence-electron chi connectivity index (χ3n) is 5.40. The van der Waals surface area contributed by atoms with Crippen LogP contribution in [0.15, 0.2) is 76.4 Å². The molecule has 0 fully saturated rings. The second kappa shape index (κ2) is 8.87. The van der Waals surface area contributed by atoms with Crippen LogP contribution in [-0.4, -0.2) is 32.4 Å². The van der Waals surface area contributed by atoms with Crippen LogP contribution >= 0.6 is 0 Å². The molecule has 0 saturated carbocycles. The summed E-state index contributed by atoms with van der Waals surface area (Å²) >= 11 is -2.09. The van der Waals surface area contributed by atoms with E-state index in [1.54, 1.807) is 24.5 Å². The van der Waals surface area contributed by atoms with Gasteiger partial charge >= 0.3 is 0 Å². The molecule has 0 radical (unpaired) electrons. The van der Waals surface area contributed by atoms with Crippen LogP contribution in [0, 0.1) is 0 Å². The van der Waals surface area contributed by atoms with E-state index in [0.29, 0.717) is 23.4 Å². The second-order valence-corrected chi connectivity index (χ2v) is 8.27. The lowest BCUT2D eigenvalue weighted by atomic mass is 10.0. The Morgan fingerprint density at radius 1 is 1.19 bits per heavy atom. The number of amides is 1. The highest BCUT2D eigenvalue weighted by atomic mass is 32.2. The molecule has 2 atom stereocenters. The molecule has 1 amide bonds. The summed E-state index contributed by atoms with van der Waals surface area (Å²) in [6.45, 7) is 2.07. The van der Waals surface area contributed by atoms with Crippen molar-refractivity contribution in [1.29, 1.82) is 0 Å². The molecule has 8 heteroatoms.